The Labute approximate surface area is 230 Å². The Morgan fingerprint density at radius 3 is 0.750 bits per heavy atom. The van der Waals surface area contributed by atoms with E-state index in [1.807, 2.05) is 79.3 Å². The van der Waals surface area contributed by atoms with Gasteiger partial charge in [0.25, 0.3) is 0 Å². The Balaban J connectivity index is 5.32. The summed E-state index contributed by atoms with van der Waals surface area (Å²) < 4.78 is 51.2. The van der Waals surface area contributed by atoms with Crippen LogP contribution in [0, 0.1) is 0 Å². The maximum absolute atomic E-state index is 10.2. The Kier molecular flexibility index (Phi) is 13.0. The molecule has 0 aliphatic rings. The highest BCUT2D eigenvalue weighted by molar-refractivity contribution is 6.91. The quantitative estimate of drug-likeness (QED) is 0.198. The molecule has 0 radical (unpaired) electrons. The smallest absolute Gasteiger partial charge is 0.323 e. The number of rotatable bonds is 16. The van der Waals surface area contributed by atoms with Crippen LogP contribution in [0.25, 0.3) is 0 Å². The first-order chi connectivity index (χ1) is 15.4. The number of hydrogen-bond donors (Lipinski definition) is 1. The lowest BCUT2D eigenvalue weighted by atomic mass is 10.5. The van der Waals surface area contributed by atoms with E-state index >= 15 is 0 Å². The fourth-order valence-electron chi connectivity index (χ4n) is 4.87. The second-order valence-corrected chi connectivity index (χ2v) is 41.6. The van der Waals surface area contributed by atoms with Gasteiger partial charge in [-0.3, -0.25) is 0 Å². The van der Waals surface area contributed by atoms with Crippen molar-refractivity contribution in [2.75, 3.05) is 0 Å². The van der Waals surface area contributed by atoms with Gasteiger partial charge in [0, 0.05) is 6.10 Å². The van der Waals surface area contributed by atoms with Crippen LogP contribution in [0.2, 0.25) is 105 Å². The zero-order valence-electron chi connectivity index (χ0n) is 26.3. The van der Waals surface area contributed by atoms with E-state index < -0.39 is 68.5 Å². The van der Waals surface area contributed by atoms with Gasteiger partial charge in [0.15, 0.2) is 0 Å². The first kappa shape index (κ1) is 37.4. The second-order valence-electron chi connectivity index (χ2n) is 13.1. The predicted octanol–water partition coefficient (Wildman–Crippen LogP) is 6.13. The molecule has 1 N–H and O–H groups in total. The summed E-state index contributed by atoms with van der Waals surface area (Å²) >= 11 is 0. The van der Waals surface area contributed by atoms with Crippen LogP contribution < -0.4 is 0 Å². The molecule has 0 aliphatic heterocycles. The monoisotopic (exact) mass is 652 g/mol. The molecule has 0 saturated carbocycles. The van der Waals surface area contributed by atoms with E-state index in [4.69, 9.17) is 33.2 Å². The van der Waals surface area contributed by atoms with E-state index in [1.165, 1.54) is 0 Å². The molecule has 0 aromatic heterocycles. The molecular weight excluding hydrogens is 597 g/mol. The molecule has 0 rings (SSSR count). The van der Waals surface area contributed by atoms with Gasteiger partial charge in [0.2, 0.25) is 0 Å². The minimum Gasteiger partial charge on any atom is -0.416 e. The molecule has 0 amide bonds. The van der Waals surface area contributed by atoms with Crippen LogP contribution in [0.1, 0.15) is 13.8 Å². The predicted molar refractivity (Wildman–Crippen MR) is 166 cm³/mol. The maximum atomic E-state index is 10.2. The van der Waals surface area contributed by atoms with E-state index in [9.17, 15) is 4.80 Å². The summed E-state index contributed by atoms with van der Waals surface area (Å²) in [5, 5.41) is 0. The SMILES string of the molecule is CC(C)O[Si](C)(C)O[Si](C)(C)O[Si](C)(C)O[Si](C)(C)O[Si](C)(C)O[Si](C)(C)O[Si](C)(C)O[Si](C)(C)O. The lowest BCUT2D eigenvalue weighted by Crippen LogP contribution is -2.61. The molecule has 0 atom stereocenters. The molecule has 0 heterocycles. The molecule has 0 saturated heterocycles. The lowest BCUT2D eigenvalue weighted by Gasteiger charge is -2.44. The normalized spacial score (nSPS) is 15.7. The maximum Gasteiger partial charge on any atom is 0.323 e. The largest absolute Gasteiger partial charge is 0.416 e. The lowest BCUT2D eigenvalue weighted by molar-refractivity contribution is 0.175. The third kappa shape index (κ3) is 17.9. The van der Waals surface area contributed by atoms with Crippen molar-refractivity contribution in [2.24, 2.45) is 0 Å². The highest BCUT2D eigenvalue weighted by Crippen LogP contribution is 2.29. The van der Waals surface area contributed by atoms with Crippen LogP contribution in [0.15, 0.2) is 0 Å². The Morgan fingerprint density at radius 2 is 0.556 bits per heavy atom. The molecule has 9 nitrogen and oxygen atoms in total. The number of hydrogen-bond acceptors (Lipinski definition) is 9. The minimum absolute atomic E-state index is 0.110. The van der Waals surface area contributed by atoms with Gasteiger partial charge >= 0.3 is 68.5 Å². The van der Waals surface area contributed by atoms with Crippen molar-refractivity contribution in [2.45, 2.75) is 125 Å². The van der Waals surface area contributed by atoms with E-state index in [2.05, 4.69) is 26.2 Å². The zero-order chi connectivity index (χ0) is 29.2. The first-order valence-corrected chi connectivity index (χ1v) is 35.2. The molecule has 218 valence electrons. The third-order valence-electron chi connectivity index (χ3n) is 3.96. The molecule has 0 aliphatic carbocycles. The Hall–Kier alpha value is 1.38. The van der Waals surface area contributed by atoms with Crippen molar-refractivity contribution in [3.8, 4) is 0 Å². The standard InChI is InChI=1S/C19H56O9Si8/c1-19(2)21-30(5,6)23-32(9,10)25-34(13,14)27-36(17,18)28-35(15,16)26-33(11,12)24-31(7,8)22-29(3,4)20/h19-20H,1-18H3. The molecular formula is C19H56O9Si8. The molecule has 0 fully saturated rings. The van der Waals surface area contributed by atoms with Crippen LogP contribution in [0.5, 0.6) is 0 Å². The van der Waals surface area contributed by atoms with Crippen LogP contribution in [-0.2, 0) is 33.2 Å². The van der Waals surface area contributed by atoms with Gasteiger partial charge in [-0.25, -0.2) is 0 Å². The molecule has 0 bridgehead atoms. The van der Waals surface area contributed by atoms with Gasteiger partial charge < -0.3 is 38.0 Å². The van der Waals surface area contributed by atoms with Gasteiger partial charge in [0.05, 0.1) is 0 Å². The van der Waals surface area contributed by atoms with Gasteiger partial charge in [-0.1, -0.05) is 0 Å². The summed E-state index contributed by atoms with van der Waals surface area (Å²) in [4.78, 5) is 10.2. The average Bonchev–Trinajstić information content (AvgIpc) is 2.31. The van der Waals surface area contributed by atoms with Gasteiger partial charge in [-0.15, -0.1) is 0 Å². The van der Waals surface area contributed by atoms with Crippen LogP contribution >= 0.6 is 0 Å². The van der Waals surface area contributed by atoms with Crippen LogP contribution in [0.3, 0.4) is 0 Å². The van der Waals surface area contributed by atoms with Crippen molar-refractivity contribution >= 4 is 68.5 Å². The highest BCUT2D eigenvalue weighted by atomic mass is 28.5. The summed E-state index contributed by atoms with van der Waals surface area (Å²) in [5.74, 6) is 0. The molecule has 0 spiro atoms. The fraction of sp³-hybridized carbons (Fsp3) is 1.00. The summed E-state index contributed by atoms with van der Waals surface area (Å²) in [6.07, 6.45) is 0.110. The van der Waals surface area contributed by atoms with Crippen molar-refractivity contribution in [1.82, 2.24) is 0 Å². The van der Waals surface area contributed by atoms with Crippen molar-refractivity contribution in [1.29, 1.82) is 0 Å². The minimum atomic E-state index is -2.71. The molecule has 0 aromatic carbocycles. The van der Waals surface area contributed by atoms with Crippen molar-refractivity contribution < 1.29 is 38.0 Å². The molecule has 17 heteroatoms. The molecule has 0 aromatic rings. The van der Waals surface area contributed by atoms with E-state index in [0.29, 0.717) is 0 Å². The van der Waals surface area contributed by atoms with Crippen LogP contribution in [0.4, 0.5) is 0 Å². The van der Waals surface area contributed by atoms with Crippen LogP contribution in [-0.4, -0.2) is 79.4 Å². The fourth-order valence-corrected chi connectivity index (χ4v) is 42.7. The van der Waals surface area contributed by atoms with Crippen molar-refractivity contribution in [3.05, 3.63) is 0 Å². The summed E-state index contributed by atoms with van der Waals surface area (Å²) in [6.45, 7) is 35.9. The summed E-state index contributed by atoms with van der Waals surface area (Å²) in [7, 11) is -20.5. The van der Waals surface area contributed by atoms with E-state index in [0.717, 1.165) is 0 Å². The summed E-state index contributed by atoms with van der Waals surface area (Å²) in [5.41, 5.74) is 0. The topological polar surface area (TPSA) is 94.1 Å². The molecule has 0 unspecified atom stereocenters. The van der Waals surface area contributed by atoms with Gasteiger partial charge in [-0.2, -0.15) is 0 Å². The molecule has 36 heavy (non-hydrogen) atoms. The Bertz CT molecular complexity index is 708. The third-order valence-corrected chi connectivity index (χ3v) is 32.6. The van der Waals surface area contributed by atoms with Crippen molar-refractivity contribution in [3.63, 3.8) is 0 Å². The highest BCUT2D eigenvalue weighted by Gasteiger charge is 2.49. The average molecular weight is 653 g/mol. The van der Waals surface area contributed by atoms with Gasteiger partial charge in [0.1, 0.15) is 0 Å². The Morgan fingerprint density at radius 1 is 0.361 bits per heavy atom. The van der Waals surface area contributed by atoms with E-state index in [-0.39, 0.29) is 6.10 Å². The zero-order valence-corrected chi connectivity index (χ0v) is 34.3. The summed E-state index contributed by atoms with van der Waals surface area (Å²) in [6, 6.07) is 0. The second kappa shape index (κ2) is 12.5. The van der Waals surface area contributed by atoms with E-state index in [1.54, 1.807) is 13.1 Å². The van der Waals surface area contributed by atoms with Gasteiger partial charge in [-0.05, 0) is 119 Å². The first-order valence-electron chi connectivity index (χ1n) is 12.7.